The third-order valence-electron chi connectivity index (χ3n) is 2.01. The Hall–Kier alpha value is -0.280. The predicted molar refractivity (Wildman–Crippen MR) is 60.0 cm³/mol. The molecule has 0 aliphatic carbocycles. The van der Waals surface area contributed by atoms with E-state index in [2.05, 4.69) is 5.32 Å². The maximum atomic E-state index is 8.65. The number of benzene rings is 1. The van der Waals surface area contributed by atoms with Crippen LogP contribution < -0.4 is 5.32 Å². The van der Waals surface area contributed by atoms with E-state index in [-0.39, 0.29) is 12.6 Å². The van der Waals surface area contributed by atoms with Crippen molar-refractivity contribution in [1.82, 2.24) is 5.32 Å². The van der Waals surface area contributed by atoms with Crippen LogP contribution in [0.4, 0.5) is 0 Å². The number of aliphatic hydroxyl groups excluding tert-OH is 1. The molecule has 1 atom stereocenters. The van der Waals surface area contributed by atoms with Gasteiger partial charge in [0.2, 0.25) is 0 Å². The van der Waals surface area contributed by atoms with Crippen LogP contribution in [0.5, 0.6) is 0 Å². The highest BCUT2D eigenvalue weighted by Crippen LogP contribution is 2.25. The summed E-state index contributed by atoms with van der Waals surface area (Å²) in [5.41, 5.74) is 1.06. The van der Waals surface area contributed by atoms with Gasteiger partial charge in [0.25, 0.3) is 0 Å². The molecule has 2 nitrogen and oxygen atoms in total. The Morgan fingerprint density at radius 3 is 2.64 bits per heavy atom. The SMILES string of the molecule is C[C@H](NCCO)c1ccc(Cl)c(Cl)c1. The van der Waals surface area contributed by atoms with Crippen molar-refractivity contribution < 1.29 is 5.11 Å². The lowest BCUT2D eigenvalue weighted by Crippen LogP contribution is -2.21. The standard InChI is InChI=1S/C10H13Cl2NO/c1-7(13-4-5-14)8-2-3-9(11)10(12)6-8/h2-3,6-7,13-14H,4-5H2,1H3/t7-/m0/s1. The Kier molecular flexibility index (Phi) is 4.69. The lowest BCUT2D eigenvalue weighted by atomic mass is 10.1. The van der Waals surface area contributed by atoms with Gasteiger partial charge in [0, 0.05) is 12.6 Å². The van der Waals surface area contributed by atoms with Crippen LogP contribution in [0.15, 0.2) is 18.2 Å². The Labute approximate surface area is 93.8 Å². The molecule has 0 unspecified atom stereocenters. The molecule has 0 aliphatic rings. The Morgan fingerprint density at radius 1 is 1.36 bits per heavy atom. The molecule has 0 aliphatic heterocycles. The molecule has 78 valence electrons. The molecule has 0 saturated heterocycles. The lowest BCUT2D eigenvalue weighted by molar-refractivity contribution is 0.286. The summed E-state index contributed by atoms with van der Waals surface area (Å²) in [6, 6.07) is 5.69. The van der Waals surface area contributed by atoms with Crippen LogP contribution in [0.25, 0.3) is 0 Å². The molecule has 0 heterocycles. The first kappa shape index (κ1) is 11.8. The van der Waals surface area contributed by atoms with Crippen molar-refractivity contribution in [1.29, 1.82) is 0 Å². The van der Waals surface area contributed by atoms with E-state index in [9.17, 15) is 0 Å². The van der Waals surface area contributed by atoms with Gasteiger partial charge in [0.1, 0.15) is 0 Å². The van der Waals surface area contributed by atoms with Crippen molar-refractivity contribution in [3.8, 4) is 0 Å². The fourth-order valence-corrected chi connectivity index (χ4v) is 1.49. The van der Waals surface area contributed by atoms with Gasteiger partial charge < -0.3 is 10.4 Å². The van der Waals surface area contributed by atoms with Crippen LogP contribution in [0, 0.1) is 0 Å². The lowest BCUT2D eigenvalue weighted by Gasteiger charge is -2.13. The zero-order valence-electron chi connectivity index (χ0n) is 7.93. The summed E-state index contributed by atoms with van der Waals surface area (Å²) >= 11 is 11.7. The summed E-state index contributed by atoms with van der Waals surface area (Å²) in [7, 11) is 0. The monoisotopic (exact) mass is 233 g/mol. The summed E-state index contributed by atoms with van der Waals surface area (Å²) in [6.45, 7) is 2.71. The van der Waals surface area contributed by atoms with Crippen LogP contribution in [-0.2, 0) is 0 Å². The van der Waals surface area contributed by atoms with Crippen molar-refractivity contribution in [2.24, 2.45) is 0 Å². The number of aliphatic hydroxyl groups is 1. The molecule has 0 spiro atoms. The molecular formula is C10H13Cl2NO. The molecule has 0 bridgehead atoms. The minimum atomic E-state index is 0.131. The molecular weight excluding hydrogens is 221 g/mol. The zero-order valence-corrected chi connectivity index (χ0v) is 9.44. The Bertz CT molecular complexity index is 304. The van der Waals surface area contributed by atoms with Crippen LogP contribution in [0.1, 0.15) is 18.5 Å². The van der Waals surface area contributed by atoms with E-state index >= 15 is 0 Å². The largest absolute Gasteiger partial charge is 0.395 e. The third kappa shape index (κ3) is 3.14. The van der Waals surface area contributed by atoms with Crippen molar-refractivity contribution in [3.05, 3.63) is 33.8 Å². The number of nitrogens with one attached hydrogen (secondary N) is 1. The first-order valence-corrected chi connectivity index (χ1v) is 5.20. The first-order valence-electron chi connectivity index (χ1n) is 4.44. The van der Waals surface area contributed by atoms with Gasteiger partial charge in [-0.25, -0.2) is 0 Å². The molecule has 1 rings (SSSR count). The third-order valence-corrected chi connectivity index (χ3v) is 2.75. The second kappa shape index (κ2) is 5.56. The minimum absolute atomic E-state index is 0.131. The van der Waals surface area contributed by atoms with Crippen LogP contribution in [0.3, 0.4) is 0 Å². The van der Waals surface area contributed by atoms with E-state index in [1.165, 1.54) is 0 Å². The van der Waals surface area contributed by atoms with Crippen molar-refractivity contribution in [2.45, 2.75) is 13.0 Å². The van der Waals surface area contributed by atoms with Crippen LogP contribution in [-0.4, -0.2) is 18.3 Å². The highest BCUT2D eigenvalue weighted by Gasteiger charge is 2.06. The van der Waals surface area contributed by atoms with Gasteiger partial charge in [-0.2, -0.15) is 0 Å². The molecule has 4 heteroatoms. The second-order valence-corrected chi connectivity index (χ2v) is 3.89. The quantitative estimate of drug-likeness (QED) is 0.839. The molecule has 1 aromatic carbocycles. The van der Waals surface area contributed by atoms with Crippen LogP contribution >= 0.6 is 23.2 Å². The summed E-state index contributed by atoms with van der Waals surface area (Å²) in [6.07, 6.45) is 0. The summed E-state index contributed by atoms with van der Waals surface area (Å²) in [4.78, 5) is 0. The average molecular weight is 234 g/mol. The maximum Gasteiger partial charge on any atom is 0.0595 e. The molecule has 14 heavy (non-hydrogen) atoms. The van der Waals surface area contributed by atoms with E-state index in [4.69, 9.17) is 28.3 Å². The van der Waals surface area contributed by atoms with Crippen molar-refractivity contribution in [2.75, 3.05) is 13.2 Å². The number of halogens is 2. The van der Waals surface area contributed by atoms with Gasteiger partial charge in [0.15, 0.2) is 0 Å². The normalized spacial score (nSPS) is 12.9. The van der Waals surface area contributed by atoms with E-state index in [1.54, 1.807) is 6.07 Å². The summed E-state index contributed by atoms with van der Waals surface area (Å²) in [5, 5.41) is 12.9. The minimum Gasteiger partial charge on any atom is -0.395 e. The van der Waals surface area contributed by atoms with Crippen molar-refractivity contribution >= 4 is 23.2 Å². The molecule has 0 saturated carbocycles. The Balaban J connectivity index is 2.70. The number of hydrogen-bond donors (Lipinski definition) is 2. The summed E-state index contributed by atoms with van der Waals surface area (Å²) in [5.74, 6) is 0. The fourth-order valence-electron chi connectivity index (χ4n) is 1.18. The van der Waals surface area contributed by atoms with Gasteiger partial charge in [-0.15, -0.1) is 0 Å². The molecule has 0 aromatic heterocycles. The molecule has 0 radical (unpaired) electrons. The maximum absolute atomic E-state index is 8.65. The summed E-state index contributed by atoms with van der Waals surface area (Å²) < 4.78 is 0. The predicted octanol–water partition coefficient (Wildman–Crippen LogP) is 2.64. The zero-order chi connectivity index (χ0) is 10.6. The number of rotatable bonds is 4. The smallest absolute Gasteiger partial charge is 0.0595 e. The highest BCUT2D eigenvalue weighted by atomic mass is 35.5. The first-order chi connectivity index (χ1) is 6.65. The van der Waals surface area contributed by atoms with E-state index in [1.807, 2.05) is 19.1 Å². The fraction of sp³-hybridized carbons (Fsp3) is 0.400. The second-order valence-electron chi connectivity index (χ2n) is 3.07. The molecule has 0 amide bonds. The highest BCUT2D eigenvalue weighted by molar-refractivity contribution is 6.42. The topological polar surface area (TPSA) is 32.3 Å². The van der Waals surface area contributed by atoms with E-state index in [0.717, 1.165) is 5.56 Å². The van der Waals surface area contributed by atoms with Gasteiger partial charge in [-0.1, -0.05) is 29.3 Å². The molecule has 2 N–H and O–H groups in total. The van der Waals surface area contributed by atoms with Gasteiger partial charge >= 0.3 is 0 Å². The van der Waals surface area contributed by atoms with Gasteiger partial charge in [0.05, 0.1) is 16.7 Å². The number of hydrogen-bond acceptors (Lipinski definition) is 2. The van der Waals surface area contributed by atoms with Crippen molar-refractivity contribution in [3.63, 3.8) is 0 Å². The van der Waals surface area contributed by atoms with E-state index < -0.39 is 0 Å². The van der Waals surface area contributed by atoms with Gasteiger partial charge in [-0.05, 0) is 24.6 Å². The molecule has 1 aromatic rings. The molecule has 0 fully saturated rings. The van der Waals surface area contributed by atoms with E-state index in [0.29, 0.717) is 16.6 Å². The van der Waals surface area contributed by atoms with Gasteiger partial charge in [-0.3, -0.25) is 0 Å². The Morgan fingerprint density at radius 2 is 2.07 bits per heavy atom. The van der Waals surface area contributed by atoms with Crippen LogP contribution in [0.2, 0.25) is 10.0 Å². The average Bonchev–Trinajstić information content (AvgIpc) is 2.18.